The van der Waals surface area contributed by atoms with E-state index in [2.05, 4.69) is 45.9 Å². The molecule has 0 unspecified atom stereocenters. The number of allylic oxidation sites excluding steroid dienone is 1. The molecule has 2 N–H and O–H groups in total. The van der Waals surface area contributed by atoms with Crippen LogP contribution in [0.3, 0.4) is 0 Å². The smallest absolute Gasteiger partial charge is 0.251 e. The number of nitrogens with zero attached hydrogens (tertiary/aromatic N) is 2. The van der Waals surface area contributed by atoms with E-state index in [1.807, 2.05) is 67.6 Å². The second-order valence-electron chi connectivity index (χ2n) is 10.8. The van der Waals surface area contributed by atoms with Crippen molar-refractivity contribution in [3.8, 4) is 22.4 Å². The first-order valence-electron chi connectivity index (χ1n) is 14.4. The van der Waals surface area contributed by atoms with Crippen LogP contribution in [0.5, 0.6) is 0 Å². The minimum atomic E-state index is -0.123. The number of aromatic nitrogens is 2. The van der Waals surface area contributed by atoms with E-state index in [-0.39, 0.29) is 18.1 Å². The second-order valence-corrected chi connectivity index (χ2v) is 11.2. The van der Waals surface area contributed by atoms with Gasteiger partial charge in [-0.1, -0.05) is 78.8 Å². The van der Waals surface area contributed by atoms with Crippen molar-refractivity contribution in [2.45, 2.75) is 26.3 Å². The van der Waals surface area contributed by atoms with Gasteiger partial charge in [0.05, 0.1) is 10.7 Å². The SMILES string of the molecule is C=CC(=O)Cc1cc(-c2c(-c3cccc(C(=O)NCCCN(C)Cc4ccccc4)c3)[nH]c3nccc(Cl)c23)ccc1C. The highest BCUT2D eigenvalue weighted by Gasteiger charge is 2.20. The van der Waals surface area contributed by atoms with Crippen molar-refractivity contribution in [1.82, 2.24) is 20.2 Å². The minimum Gasteiger partial charge on any atom is -0.352 e. The van der Waals surface area contributed by atoms with Crippen LogP contribution >= 0.6 is 11.6 Å². The molecular formula is C36H35ClN4O2. The largest absolute Gasteiger partial charge is 0.352 e. The molecule has 0 spiro atoms. The summed E-state index contributed by atoms with van der Waals surface area (Å²) in [7, 11) is 2.09. The van der Waals surface area contributed by atoms with Crippen LogP contribution in [0.1, 0.15) is 33.5 Å². The molecule has 43 heavy (non-hydrogen) atoms. The molecule has 5 rings (SSSR count). The third kappa shape index (κ3) is 7.11. The molecule has 0 aliphatic carbocycles. The predicted octanol–water partition coefficient (Wildman–Crippen LogP) is 7.41. The number of aromatic amines is 1. The maximum absolute atomic E-state index is 13.2. The molecule has 0 atom stereocenters. The zero-order chi connectivity index (χ0) is 30.3. The van der Waals surface area contributed by atoms with Crippen molar-refractivity contribution in [3.63, 3.8) is 0 Å². The zero-order valence-corrected chi connectivity index (χ0v) is 25.2. The number of hydrogen-bond donors (Lipinski definition) is 2. The molecule has 2 heterocycles. The third-order valence-electron chi connectivity index (χ3n) is 7.58. The number of halogens is 1. The fourth-order valence-electron chi connectivity index (χ4n) is 5.30. The lowest BCUT2D eigenvalue weighted by atomic mass is 9.93. The van der Waals surface area contributed by atoms with Gasteiger partial charge in [-0.2, -0.15) is 0 Å². The number of carbonyl (C=O) groups excluding carboxylic acids is 2. The lowest BCUT2D eigenvalue weighted by Crippen LogP contribution is -2.28. The van der Waals surface area contributed by atoms with Gasteiger partial charge in [0.2, 0.25) is 0 Å². The first-order chi connectivity index (χ1) is 20.8. The van der Waals surface area contributed by atoms with E-state index in [1.165, 1.54) is 11.6 Å². The average molecular weight is 591 g/mol. The predicted molar refractivity (Wildman–Crippen MR) is 175 cm³/mol. The van der Waals surface area contributed by atoms with Gasteiger partial charge in [-0.25, -0.2) is 4.98 Å². The molecule has 0 saturated carbocycles. The van der Waals surface area contributed by atoms with Crippen LogP contribution in [-0.4, -0.2) is 46.7 Å². The monoisotopic (exact) mass is 590 g/mol. The summed E-state index contributed by atoms with van der Waals surface area (Å²) in [5.41, 5.74) is 7.85. The van der Waals surface area contributed by atoms with E-state index in [9.17, 15) is 9.59 Å². The topological polar surface area (TPSA) is 78.1 Å². The van der Waals surface area contributed by atoms with Crippen LogP contribution in [0.2, 0.25) is 5.02 Å². The minimum absolute atomic E-state index is 0.0411. The number of nitrogens with one attached hydrogen (secondary N) is 2. The van der Waals surface area contributed by atoms with Crippen molar-refractivity contribution in [3.05, 3.63) is 125 Å². The third-order valence-corrected chi connectivity index (χ3v) is 7.90. The lowest BCUT2D eigenvalue weighted by molar-refractivity contribution is -0.114. The Hall–Kier alpha value is -4.52. The summed E-state index contributed by atoms with van der Waals surface area (Å²) in [5.74, 6) is -0.164. The van der Waals surface area contributed by atoms with E-state index in [0.717, 1.165) is 58.4 Å². The maximum Gasteiger partial charge on any atom is 0.251 e. The van der Waals surface area contributed by atoms with Gasteiger partial charge in [0.15, 0.2) is 5.78 Å². The fourth-order valence-corrected chi connectivity index (χ4v) is 5.54. The van der Waals surface area contributed by atoms with Gasteiger partial charge >= 0.3 is 0 Å². The van der Waals surface area contributed by atoms with Crippen LogP contribution in [0.25, 0.3) is 33.4 Å². The number of ketones is 1. The number of benzene rings is 3. The van der Waals surface area contributed by atoms with E-state index in [4.69, 9.17) is 11.6 Å². The van der Waals surface area contributed by atoms with Gasteiger partial charge in [0.25, 0.3) is 5.91 Å². The van der Waals surface area contributed by atoms with Crippen molar-refractivity contribution < 1.29 is 9.59 Å². The van der Waals surface area contributed by atoms with Gasteiger partial charge < -0.3 is 15.2 Å². The number of carbonyl (C=O) groups is 2. The van der Waals surface area contributed by atoms with Crippen molar-refractivity contribution in [2.24, 2.45) is 0 Å². The van der Waals surface area contributed by atoms with Crippen molar-refractivity contribution >= 4 is 34.3 Å². The lowest BCUT2D eigenvalue weighted by Gasteiger charge is -2.16. The number of rotatable bonds is 12. The molecule has 0 fully saturated rings. The van der Waals surface area contributed by atoms with E-state index in [0.29, 0.717) is 22.8 Å². The van der Waals surface area contributed by atoms with Crippen molar-refractivity contribution in [2.75, 3.05) is 20.1 Å². The van der Waals surface area contributed by atoms with Gasteiger partial charge in [-0.05, 0) is 79.0 Å². The Bertz CT molecular complexity index is 1780. The Labute approximate surface area is 257 Å². The van der Waals surface area contributed by atoms with Crippen LogP contribution in [0.15, 0.2) is 97.7 Å². The number of amides is 1. The highest BCUT2D eigenvalue weighted by molar-refractivity contribution is 6.36. The first-order valence-corrected chi connectivity index (χ1v) is 14.7. The first kappa shape index (κ1) is 30.0. The summed E-state index contributed by atoms with van der Waals surface area (Å²) >= 11 is 6.72. The number of hydrogen-bond acceptors (Lipinski definition) is 4. The van der Waals surface area contributed by atoms with Crippen LogP contribution in [-0.2, 0) is 17.8 Å². The fraction of sp³-hybridized carbons (Fsp3) is 0.194. The van der Waals surface area contributed by atoms with Gasteiger partial charge in [0, 0.05) is 42.2 Å². The summed E-state index contributed by atoms with van der Waals surface area (Å²) in [4.78, 5) is 35.6. The highest BCUT2D eigenvalue weighted by atomic mass is 35.5. The number of aryl methyl sites for hydroxylation is 1. The van der Waals surface area contributed by atoms with E-state index in [1.54, 1.807) is 12.3 Å². The second kappa shape index (κ2) is 13.6. The molecule has 6 nitrogen and oxygen atoms in total. The van der Waals surface area contributed by atoms with Crippen molar-refractivity contribution in [1.29, 1.82) is 0 Å². The number of H-pyrrole nitrogens is 1. The Kier molecular flexibility index (Phi) is 9.50. The Morgan fingerprint density at radius 2 is 1.84 bits per heavy atom. The molecule has 2 aromatic heterocycles. The van der Waals surface area contributed by atoms with Gasteiger partial charge in [0.1, 0.15) is 5.65 Å². The molecule has 0 bridgehead atoms. The quantitative estimate of drug-likeness (QED) is 0.117. The molecule has 5 aromatic rings. The highest BCUT2D eigenvalue weighted by Crippen LogP contribution is 2.41. The van der Waals surface area contributed by atoms with Crippen LogP contribution in [0.4, 0.5) is 0 Å². The molecule has 0 aliphatic heterocycles. The number of pyridine rings is 1. The summed E-state index contributed by atoms with van der Waals surface area (Å²) in [6.45, 7) is 7.93. The summed E-state index contributed by atoms with van der Waals surface area (Å²) in [6, 6.07) is 25.7. The van der Waals surface area contributed by atoms with Crippen LogP contribution < -0.4 is 5.32 Å². The van der Waals surface area contributed by atoms with Gasteiger partial charge in [-0.15, -0.1) is 0 Å². The Morgan fingerprint density at radius 1 is 1.02 bits per heavy atom. The average Bonchev–Trinajstić information content (AvgIpc) is 3.42. The van der Waals surface area contributed by atoms with Crippen LogP contribution in [0, 0.1) is 6.92 Å². The summed E-state index contributed by atoms with van der Waals surface area (Å²) < 4.78 is 0. The molecule has 218 valence electrons. The molecule has 3 aromatic carbocycles. The molecular weight excluding hydrogens is 556 g/mol. The summed E-state index contributed by atoms with van der Waals surface area (Å²) in [6.07, 6.45) is 4.13. The summed E-state index contributed by atoms with van der Waals surface area (Å²) in [5, 5.41) is 4.42. The molecule has 7 heteroatoms. The molecule has 0 saturated heterocycles. The van der Waals surface area contributed by atoms with E-state index < -0.39 is 0 Å². The zero-order valence-electron chi connectivity index (χ0n) is 24.5. The maximum atomic E-state index is 13.2. The van der Waals surface area contributed by atoms with Gasteiger partial charge in [-0.3, -0.25) is 9.59 Å². The standard InChI is InChI=1S/C36H35ClN4O2/c1-4-30(42)22-29-20-26(15-14-24(29)2)32-33-31(37)16-18-38-35(33)40-34(32)27-12-8-13-28(21-27)36(43)39-17-9-19-41(3)23-25-10-6-5-7-11-25/h4-8,10-16,18,20-21H,1,9,17,19,22-23H2,2-3H3,(H,38,40)(H,39,43). The molecule has 0 aliphatic rings. The Morgan fingerprint density at radius 3 is 2.63 bits per heavy atom. The Balaban J connectivity index is 1.38. The molecule has 0 radical (unpaired) electrons. The van der Waals surface area contributed by atoms with E-state index >= 15 is 0 Å². The number of fused-ring (bicyclic) bond motifs is 1. The normalized spacial score (nSPS) is 11.2. The molecule has 1 amide bonds.